The van der Waals surface area contributed by atoms with Crippen molar-refractivity contribution in [3.05, 3.63) is 28.6 Å². The van der Waals surface area contributed by atoms with Crippen molar-refractivity contribution in [1.82, 2.24) is 19.5 Å². The molecule has 0 unspecified atom stereocenters. The van der Waals surface area contributed by atoms with Gasteiger partial charge in [-0.05, 0) is 6.04 Å². The minimum atomic E-state index is -1.18. The molecular weight excluding hydrogens is 392 g/mol. The molecule has 0 radical (unpaired) electrons. The van der Waals surface area contributed by atoms with Crippen molar-refractivity contribution in [1.29, 1.82) is 0 Å². The molecule has 7 nitrogen and oxygen atoms in total. The molecular formula is C16H19ClN4O3SSi. The molecule has 0 spiro atoms. The third kappa shape index (κ3) is 4.29. The van der Waals surface area contributed by atoms with Gasteiger partial charge in [-0.15, -0.1) is 11.3 Å². The van der Waals surface area contributed by atoms with Crippen LogP contribution < -0.4 is 0 Å². The number of hydrogen-bond acceptors (Lipinski definition) is 6. The summed E-state index contributed by atoms with van der Waals surface area (Å²) in [6.07, 6.45) is 4.71. The van der Waals surface area contributed by atoms with E-state index in [2.05, 4.69) is 34.6 Å². The topological polar surface area (TPSA) is 90.1 Å². The smallest absolute Gasteiger partial charge is 0.339 e. The molecule has 1 N–H and O–H groups in total. The van der Waals surface area contributed by atoms with E-state index in [4.69, 9.17) is 16.3 Å². The molecule has 3 aromatic heterocycles. The van der Waals surface area contributed by atoms with E-state index in [0.717, 1.165) is 10.9 Å². The van der Waals surface area contributed by atoms with Crippen LogP contribution in [0.5, 0.6) is 0 Å². The maximum atomic E-state index is 11.6. The van der Waals surface area contributed by atoms with Crippen LogP contribution in [0.1, 0.15) is 10.4 Å². The molecule has 0 aliphatic heterocycles. The second kappa shape index (κ2) is 7.43. The second-order valence-corrected chi connectivity index (χ2v) is 14.3. The monoisotopic (exact) mass is 410 g/mol. The van der Waals surface area contributed by atoms with Crippen LogP contribution in [0.4, 0.5) is 0 Å². The Kier molecular flexibility index (Phi) is 5.42. The van der Waals surface area contributed by atoms with Crippen molar-refractivity contribution in [2.24, 2.45) is 0 Å². The first-order valence-electron chi connectivity index (χ1n) is 8.03. The molecule has 0 aliphatic rings. The van der Waals surface area contributed by atoms with E-state index < -0.39 is 14.0 Å². The van der Waals surface area contributed by atoms with Gasteiger partial charge in [0.1, 0.15) is 23.5 Å². The quantitative estimate of drug-likeness (QED) is 0.463. The van der Waals surface area contributed by atoms with E-state index in [1.54, 1.807) is 17.0 Å². The van der Waals surface area contributed by atoms with Gasteiger partial charge in [0, 0.05) is 27.1 Å². The summed E-state index contributed by atoms with van der Waals surface area (Å²) in [5.41, 5.74) is 1.45. The Bertz CT molecular complexity index is 951. The summed E-state index contributed by atoms with van der Waals surface area (Å²) in [4.78, 5) is 25.2. The number of ether oxygens (including phenoxy) is 1. The Hall–Kier alpha value is -1.81. The number of aromatic nitrogens is 4. The summed E-state index contributed by atoms with van der Waals surface area (Å²) in [7, 11) is -1.18. The number of carbonyl (C=O) groups is 1. The predicted octanol–water partition coefficient (Wildman–Crippen LogP) is 4.22. The first kappa shape index (κ1) is 19.0. The zero-order valence-corrected chi connectivity index (χ0v) is 17.3. The average Bonchev–Trinajstić information content (AvgIpc) is 3.14. The molecule has 0 aromatic carbocycles. The Labute approximate surface area is 160 Å². The van der Waals surface area contributed by atoms with Crippen LogP contribution in [0.25, 0.3) is 21.7 Å². The predicted molar refractivity (Wildman–Crippen MR) is 105 cm³/mol. The zero-order chi connectivity index (χ0) is 18.9. The van der Waals surface area contributed by atoms with Crippen LogP contribution in [-0.2, 0) is 11.5 Å². The van der Waals surface area contributed by atoms with E-state index in [1.165, 1.54) is 17.5 Å². The molecule has 3 aromatic rings. The van der Waals surface area contributed by atoms with Crippen molar-refractivity contribution in [3.63, 3.8) is 0 Å². The van der Waals surface area contributed by atoms with Gasteiger partial charge in [0.05, 0.1) is 11.1 Å². The standard InChI is InChI=1S/C16H19ClN4O3SSi/c1-26(2,3)5-4-24-9-21-8-10(15(22)23)13-14(21)18-6-11(20-13)12-7-19-16(17)25-12/h6-8H,4-5,9H2,1-3H3,(H,22,23). The molecule has 0 saturated carbocycles. The number of thiazole rings is 1. The van der Waals surface area contributed by atoms with Gasteiger partial charge in [-0.2, -0.15) is 0 Å². The highest BCUT2D eigenvalue weighted by Gasteiger charge is 2.19. The van der Waals surface area contributed by atoms with E-state index in [9.17, 15) is 9.90 Å². The molecule has 0 bridgehead atoms. The zero-order valence-electron chi connectivity index (χ0n) is 14.7. The molecule has 26 heavy (non-hydrogen) atoms. The fraction of sp³-hybridized carbons (Fsp3) is 0.375. The molecule has 0 saturated heterocycles. The summed E-state index contributed by atoms with van der Waals surface area (Å²) >= 11 is 7.13. The molecule has 3 rings (SSSR count). The maximum absolute atomic E-state index is 11.6. The molecule has 0 fully saturated rings. The van der Waals surface area contributed by atoms with Gasteiger partial charge in [-0.25, -0.2) is 19.7 Å². The Morgan fingerprint density at radius 1 is 1.35 bits per heavy atom. The number of fused-ring (bicyclic) bond motifs is 1. The molecule has 0 amide bonds. The third-order valence-corrected chi connectivity index (χ3v) is 6.59. The largest absolute Gasteiger partial charge is 0.478 e. The SMILES string of the molecule is C[Si](C)(C)CCOCn1cc(C(=O)O)c2nc(-c3cnc(Cl)s3)cnc21. The first-order valence-corrected chi connectivity index (χ1v) is 12.9. The van der Waals surface area contributed by atoms with Gasteiger partial charge < -0.3 is 14.4 Å². The highest BCUT2D eigenvalue weighted by molar-refractivity contribution is 7.18. The van der Waals surface area contributed by atoms with Crippen molar-refractivity contribution in [3.8, 4) is 10.6 Å². The van der Waals surface area contributed by atoms with Crippen LogP contribution in [0.3, 0.4) is 0 Å². The lowest BCUT2D eigenvalue weighted by molar-refractivity contribution is 0.0696. The second-order valence-electron chi connectivity index (χ2n) is 7.07. The average molecular weight is 411 g/mol. The van der Waals surface area contributed by atoms with Gasteiger partial charge >= 0.3 is 5.97 Å². The van der Waals surface area contributed by atoms with E-state index >= 15 is 0 Å². The number of carboxylic acids is 1. The summed E-state index contributed by atoms with van der Waals surface area (Å²) in [5, 5.41) is 9.49. The number of halogens is 1. The van der Waals surface area contributed by atoms with Crippen molar-refractivity contribution in [2.75, 3.05) is 6.61 Å². The van der Waals surface area contributed by atoms with Crippen LogP contribution in [0.2, 0.25) is 30.2 Å². The lowest BCUT2D eigenvalue weighted by atomic mass is 10.3. The minimum absolute atomic E-state index is 0.0961. The number of hydrogen-bond donors (Lipinski definition) is 1. The minimum Gasteiger partial charge on any atom is -0.478 e. The van der Waals surface area contributed by atoms with Crippen molar-refractivity contribution >= 4 is 48.1 Å². The number of nitrogens with zero attached hydrogens (tertiary/aromatic N) is 4. The highest BCUT2D eigenvalue weighted by atomic mass is 35.5. The van der Waals surface area contributed by atoms with Crippen molar-refractivity contribution in [2.45, 2.75) is 32.4 Å². The molecule has 0 aliphatic carbocycles. The lowest BCUT2D eigenvalue weighted by Gasteiger charge is -2.15. The molecule has 0 atom stereocenters. The highest BCUT2D eigenvalue weighted by Crippen LogP contribution is 2.29. The summed E-state index contributed by atoms with van der Waals surface area (Å²) < 4.78 is 7.80. The Morgan fingerprint density at radius 2 is 2.12 bits per heavy atom. The van der Waals surface area contributed by atoms with E-state index in [-0.39, 0.29) is 12.3 Å². The van der Waals surface area contributed by atoms with Gasteiger partial charge in [0.25, 0.3) is 0 Å². The van der Waals surface area contributed by atoms with Crippen molar-refractivity contribution < 1.29 is 14.6 Å². The normalized spacial score (nSPS) is 12.0. The summed E-state index contributed by atoms with van der Waals surface area (Å²) in [6, 6.07) is 1.04. The van der Waals surface area contributed by atoms with Gasteiger partial charge in [0.15, 0.2) is 10.1 Å². The van der Waals surface area contributed by atoms with Crippen LogP contribution in [0, 0.1) is 0 Å². The van der Waals surface area contributed by atoms with Gasteiger partial charge in [-0.3, -0.25) is 0 Å². The lowest BCUT2D eigenvalue weighted by Crippen LogP contribution is -2.22. The van der Waals surface area contributed by atoms with Crippen LogP contribution in [0.15, 0.2) is 18.6 Å². The first-order chi connectivity index (χ1) is 12.2. The fourth-order valence-electron chi connectivity index (χ4n) is 2.34. The van der Waals surface area contributed by atoms with Gasteiger partial charge in [0.2, 0.25) is 0 Å². The summed E-state index contributed by atoms with van der Waals surface area (Å²) in [6.45, 7) is 7.73. The summed E-state index contributed by atoms with van der Waals surface area (Å²) in [5.74, 6) is -1.05. The van der Waals surface area contributed by atoms with E-state index in [1.807, 2.05) is 0 Å². The number of aromatic carboxylic acids is 1. The molecule has 10 heteroatoms. The fourth-order valence-corrected chi connectivity index (χ4v) is 3.99. The third-order valence-electron chi connectivity index (χ3n) is 3.75. The molecule has 138 valence electrons. The van der Waals surface area contributed by atoms with Gasteiger partial charge in [-0.1, -0.05) is 31.2 Å². The Balaban J connectivity index is 1.89. The molecule has 3 heterocycles. The Morgan fingerprint density at radius 3 is 2.73 bits per heavy atom. The number of carboxylic acid groups (broad SMARTS) is 1. The van der Waals surface area contributed by atoms with Crippen LogP contribution in [-0.4, -0.2) is 45.3 Å². The number of rotatable bonds is 7. The maximum Gasteiger partial charge on any atom is 0.339 e. The van der Waals surface area contributed by atoms with Crippen LogP contribution >= 0.6 is 22.9 Å². The van der Waals surface area contributed by atoms with E-state index in [0.29, 0.717) is 27.9 Å².